The standard InChI is InChI=1S/C23H26N6O11P2/c1-28(2)14-8-7-12-5-3-4-6-13(12)16(14)19(32)23-21(24)25-10-26-22(23)29(11-27-23)20-18(31)17(30)15(39-20)9-38-42(36,37)40-41(33,34)35/h3-8,10-11,15,17-18,20,24,30-31H,9H2,1-2H3,(H,36,37)(H2,33,34,35)/t15-,17-,18-,20-,23-/m1/s1. The molecule has 0 aliphatic carbocycles. The van der Waals surface area contributed by atoms with E-state index in [2.05, 4.69) is 23.8 Å². The third kappa shape index (κ3) is 5.24. The number of carbonyl (C=O) groups is 1. The first kappa shape index (κ1) is 30.3. The molecule has 0 radical (unpaired) electrons. The quantitative estimate of drug-likeness (QED) is 0.162. The van der Waals surface area contributed by atoms with Gasteiger partial charge in [-0.2, -0.15) is 4.31 Å². The highest BCUT2D eigenvalue weighted by Crippen LogP contribution is 2.57. The fourth-order valence-corrected chi connectivity index (χ4v) is 6.54. The minimum absolute atomic E-state index is 0.152. The van der Waals surface area contributed by atoms with Crippen molar-refractivity contribution < 1.29 is 52.4 Å². The van der Waals surface area contributed by atoms with Gasteiger partial charge in [-0.05, 0) is 16.8 Å². The fraction of sp³-hybridized carbons (Fsp3) is 0.348. The Morgan fingerprint density at radius 2 is 1.86 bits per heavy atom. The molecule has 0 spiro atoms. The monoisotopic (exact) mass is 624 g/mol. The van der Waals surface area contributed by atoms with Crippen LogP contribution >= 0.6 is 15.6 Å². The average Bonchev–Trinajstić information content (AvgIpc) is 3.44. The average molecular weight is 624 g/mol. The smallest absolute Gasteiger partial charge is 0.387 e. The number of phosphoric ester groups is 1. The molecule has 6 N–H and O–H groups in total. The van der Waals surface area contributed by atoms with Gasteiger partial charge in [0, 0.05) is 19.8 Å². The Bertz CT molecular complexity index is 1640. The van der Waals surface area contributed by atoms with Crippen LogP contribution in [0.5, 0.6) is 0 Å². The summed E-state index contributed by atoms with van der Waals surface area (Å²) in [6.07, 6.45) is -4.30. The number of fused-ring (bicyclic) bond motifs is 2. The van der Waals surface area contributed by atoms with Gasteiger partial charge in [-0.1, -0.05) is 30.3 Å². The van der Waals surface area contributed by atoms with Crippen LogP contribution in [0.4, 0.5) is 5.69 Å². The van der Waals surface area contributed by atoms with Gasteiger partial charge in [0.25, 0.3) is 0 Å². The lowest BCUT2D eigenvalue weighted by Gasteiger charge is -2.33. The van der Waals surface area contributed by atoms with E-state index in [1.165, 1.54) is 0 Å². The van der Waals surface area contributed by atoms with Crippen molar-refractivity contribution in [1.82, 2.24) is 4.90 Å². The molecule has 3 aliphatic rings. The number of ether oxygens (including phenoxy) is 1. The van der Waals surface area contributed by atoms with E-state index >= 15 is 0 Å². The number of anilines is 1. The van der Waals surface area contributed by atoms with Crippen LogP contribution in [0.15, 0.2) is 51.4 Å². The maximum atomic E-state index is 14.5. The van der Waals surface area contributed by atoms with Gasteiger partial charge in [-0.25, -0.2) is 24.1 Å². The van der Waals surface area contributed by atoms with E-state index in [9.17, 15) is 29.0 Å². The normalized spacial score (nSPS) is 28.6. The molecule has 0 aromatic heterocycles. The number of hydrogen-bond donors (Lipinski definition) is 6. The van der Waals surface area contributed by atoms with Crippen LogP contribution in [0.25, 0.3) is 10.8 Å². The molecule has 19 heteroatoms. The fourth-order valence-electron chi connectivity index (χ4n) is 4.94. The van der Waals surface area contributed by atoms with Crippen molar-refractivity contribution in [2.24, 2.45) is 15.0 Å². The molecule has 2 aromatic rings. The number of benzene rings is 2. The van der Waals surface area contributed by atoms with Gasteiger partial charge in [-0.3, -0.25) is 19.6 Å². The summed E-state index contributed by atoms with van der Waals surface area (Å²) >= 11 is 0. The van der Waals surface area contributed by atoms with E-state index in [0.29, 0.717) is 11.1 Å². The summed E-state index contributed by atoms with van der Waals surface area (Å²) in [6.45, 7) is -0.927. The summed E-state index contributed by atoms with van der Waals surface area (Å²) in [5.41, 5.74) is -1.29. The number of nitrogens with one attached hydrogen (secondary N) is 1. The molecule has 5 rings (SSSR count). The molecule has 6 atom stereocenters. The molecular weight excluding hydrogens is 598 g/mol. The van der Waals surface area contributed by atoms with Crippen molar-refractivity contribution >= 4 is 62.2 Å². The SMILES string of the molecule is CN(C)c1ccc2ccccc2c1C(=O)[C@]12N=CN([C@@H]3O[C@H](COP(=O)(O)OP(=O)(O)O)[C@@H](O)[C@H]3O)C1=NC=NC2=N. The van der Waals surface area contributed by atoms with Crippen LogP contribution < -0.4 is 4.90 Å². The van der Waals surface area contributed by atoms with Crippen LogP contribution in [0.1, 0.15) is 10.4 Å². The van der Waals surface area contributed by atoms with Crippen molar-refractivity contribution in [3.8, 4) is 0 Å². The van der Waals surface area contributed by atoms with E-state index in [-0.39, 0.29) is 11.4 Å². The number of aliphatic hydroxyl groups is 2. The summed E-state index contributed by atoms with van der Waals surface area (Å²) in [5, 5.41) is 31.4. The summed E-state index contributed by atoms with van der Waals surface area (Å²) < 4.78 is 36.7. The molecule has 3 aliphatic heterocycles. The number of nitrogens with zero attached hydrogens (tertiary/aromatic N) is 5. The second-order valence-corrected chi connectivity index (χ2v) is 12.5. The maximum absolute atomic E-state index is 14.5. The second kappa shape index (κ2) is 10.8. The first-order valence-electron chi connectivity index (χ1n) is 12.2. The Hall–Kier alpha value is -3.21. The molecule has 3 heterocycles. The molecule has 1 unspecified atom stereocenters. The van der Waals surface area contributed by atoms with Gasteiger partial charge in [-0.15, -0.1) is 0 Å². The lowest BCUT2D eigenvalue weighted by Crippen LogP contribution is -2.57. The van der Waals surface area contributed by atoms with Crippen LogP contribution in [0, 0.1) is 5.41 Å². The zero-order chi connectivity index (χ0) is 30.6. The number of Topliss-reactive ketones (excluding diaryl/α,β-unsaturated/α-hetero) is 1. The summed E-state index contributed by atoms with van der Waals surface area (Å²) in [5.74, 6) is -1.25. The van der Waals surface area contributed by atoms with Crippen LogP contribution in [-0.2, 0) is 22.7 Å². The Kier molecular flexibility index (Phi) is 7.79. The van der Waals surface area contributed by atoms with Crippen molar-refractivity contribution in [3.63, 3.8) is 0 Å². The molecule has 17 nitrogen and oxygen atoms in total. The van der Waals surface area contributed by atoms with E-state index in [0.717, 1.165) is 23.0 Å². The Morgan fingerprint density at radius 1 is 1.14 bits per heavy atom. The highest BCUT2D eigenvalue weighted by atomic mass is 31.3. The second-order valence-electron chi connectivity index (χ2n) is 9.70. The molecule has 2 aromatic carbocycles. The number of carbonyl (C=O) groups excluding carboxylic acids is 1. The predicted molar refractivity (Wildman–Crippen MR) is 149 cm³/mol. The number of amidine groups is 2. The van der Waals surface area contributed by atoms with Crippen LogP contribution in [-0.4, -0.2) is 111 Å². The Morgan fingerprint density at radius 3 is 2.55 bits per heavy atom. The highest BCUT2D eigenvalue weighted by Gasteiger charge is 2.59. The van der Waals surface area contributed by atoms with E-state index in [4.69, 9.17) is 19.9 Å². The van der Waals surface area contributed by atoms with Gasteiger partial charge in [0.1, 0.15) is 24.7 Å². The van der Waals surface area contributed by atoms with Crippen molar-refractivity contribution in [2.45, 2.75) is 30.1 Å². The number of rotatable bonds is 9. The lowest BCUT2D eigenvalue weighted by molar-refractivity contribution is -0.0503. The number of aliphatic hydroxyl groups excluding tert-OH is 2. The Balaban J connectivity index is 1.47. The van der Waals surface area contributed by atoms with Crippen LogP contribution in [0.3, 0.4) is 0 Å². The first-order valence-corrected chi connectivity index (χ1v) is 15.2. The number of aliphatic imine (C=N–C) groups is 3. The van der Waals surface area contributed by atoms with E-state index in [1.54, 1.807) is 37.2 Å². The molecule has 0 bridgehead atoms. The summed E-state index contributed by atoms with van der Waals surface area (Å²) in [6, 6.07) is 10.8. The number of ketones is 1. The molecule has 0 saturated carbocycles. The first-order chi connectivity index (χ1) is 19.7. The van der Waals surface area contributed by atoms with E-state index in [1.807, 2.05) is 18.2 Å². The number of phosphoric acid groups is 2. The third-order valence-corrected chi connectivity index (χ3v) is 8.97. The topological polar surface area (TPSA) is 247 Å². The molecular formula is C23H26N6O11P2. The Labute approximate surface area is 237 Å². The van der Waals surface area contributed by atoms with Crippen LogP contribution in [0.2, 0.25) is 0 Å². The minimum Gasteiger partial charge on any atom is -0.387 e. The third-order valence-electron chi connectivity index (χ3n) is 6.82. The van der Waals surface area contributed by atoms with Gasteiger partial charge >= 0.3 is 15.6 Å². The maximum Gasteiger partial charge on any atom is 0.481 e. The van der Waals surface area contributed by atoms with Gasteiger partial charge < -0.3 is 34.5 Å². The molecule has 1 fully saturated rings. The van der Waals surface area contributed by atoms with Gasteiger partial charge in [0.2, 0.25) is 11.3 Å². The molecule has 1 saturated heterocycles. The highest BCUT2D eigenvalue weighted by molar-refractivity contribution is 7.60. The van der Waals surface area contributed by atoms with Crippen molar-refractivity contribution in [2.75, 3.05) is 25.6 Å². The van der Waals surface area contributed by atoms with Crippen molar-refractivity contribution in [1.29, 1.82) is 5.41 Å². The molecule has 42 heavy (non-hydrogen) atoms. The van der Waals surface area contributed by atoms with Gasteiger partial charge in [0.05, 0.1) is 18.5 Å². The zero-order valence-electron chi connectivity index (χ0n) is 22.0. The zero-order valence-corrected chi connectivity index (χ0v) is 23.7. The summed E-state index contributed by atoms with van der Waals surface area (Å²) in [4.78, 5) is 57.0. The lowest BCUT2D eigenvalue weighted by atomic mass is 9.83. The van der Waals surface area contributed by atoms with Gasteiger partial charge in [0.15, 0.2) is 17.9 Å². The number of hydrogen-bond acceptors (Lipinski definition) is 13. The minimum atomic E-state index is -5.40. The predicted octanol–water partition coefficient (Wildman–Crippen LogP) is 0.262. The summed E-state index contributed by atoms with van der Waals surface area (Å²) in [7, 11) is -7.16. The van der Waals surface area contributed by atoms with Crippen molar-refractivity contribution in [3.05, 3.63) is 42.0 Å². The molecule has 224 valence electrons. The largest absolute Gasteiger partial charge is 0.481 e. The molecule has 0 amide bonds. The van der Waals surface area contributed by atoms with E-state index < -0.39 is 63.9 Å².